The molecule has 1 amide bonds. The maximum atomic E-state index is 12.2. The number of nitrogens with two attached hydrogens (primary N) is 1. The summed E-state index contributed by atoms with van der Waals surface area (Å²) in [5, 5.41) is 3.07. The van der Waals surface area contributed by atoms with Gasteiger partial charge in [0.25, 0.3) is 5.91 Å². The number of rotatable bonds is 7. The first-order valence-corrected chi connectivity index (χ1v) is 7.13. The van der Waals surface area contributed by atoms with E-state index in [0.717, 1.165) is 30.4 Å². The van der Waals surface area contributed by atoms with E-state index in [0.29, 0.717) is 12.5 Å². The molecule has 0 heterocycles. The van der Waals surface area contributed by atoms with E-state index >= 15 is 0 Å². The Hall–Kier alpha value is -1.35. The average Bonchev–Trinajstić information content (AvgIpc) is 2.37. The summed E-state index contributed by atoms with van der Waals surface area (Å²) in [4.78, 5) is 12.2. The predicted octanol–water partition coefficient (Wildman–Crippen LogP) is 2.74. The Labute approximate surface area is 116 Å². The van der Waals surface area contributed by atoms with Crippen molar-refractivity contribution in [2.75, 3.05) is 6.54 Å². The largest absolute Gasteiger partial charge is 0.350 e. The highest BCUT2D eigenvalue weighted by atomic mass is 16.1. The van der Waals surface area contributed by atoms with Gasteiger partial charge in [-0.3, -0.25) is 4.79 Å². The molecule has 0 saturated carbocycles. The van der Waals surface area contributed by atoms with E-state index < -0.39 is 0 Å². The Morgan fingerprint density at radius 2 is 1.89 bits per heavy atom. The number of amides is 1. The first-order valence-electron chi connectivity index (χ1n) is 7.13. The van der Waals surface area contributed by atoms with E-state index in [9.17, 15) is 4.79 Å². The second kappa shape index (κ2) is 7.95. The van der Waals surface area contributed by atoms with Crippen LogP contribution in [-0.2, 0) is 6.42 Å². The molecule has 0 fully saturated rings. The smallest absolute Gasteiger partial charge is 0.251 e. The zero-order chi connectivity index (χ0) is 14.3. The van der Waals surface area contributed by atoms with Crippen LogP contribution in [0.25, 0.3) is 0 Å². The van der Waals surface area contributed by atoms with Crippen molar-refractivity contribution in [2.45, 2.75) is 46.1 Å². The molecule has 0 saturated heterocycles. The Bertz CT molecular complexity index is 401. The number of nitrogens with one attached hydrogen (secondary N) is 1. The Balaban J connectivity index is 2.62. The molecule has 0 spiro atoms. The van der Waals surface area contributed by atoms with E-state index in [4.69, 9.17) is 5.73 Å². The van der Waals surface area contributed by atoms with E-state index in [1.807, 2.05) is 24.3 Å². The van der Waals surface area contributed by atoms with Crippen LogP contribution in [0, 0.1) is 5.92 Å². The number of carbonyl (C=O) groups excluding carboxylic acids is 1. The second-order valence-corrected chi connectivity index (χ2v) is 5.54. The van der Waals surface area contributed by atoms with E-state index in [2.05, 4.69) is 26.1 Å². The van der Waals surface area contributed by atoms with Gasteiger partial charge in [-0.2, -0.15) is 0 Å². The SMILES string of the molecule is CC(C)CCC(C)NC(=O)c1ccccc1CCN. The molecule has 1 aromatic carbocycles. The molecule has 106 valence electrons. The van der Waals surface area contributed by atoms with Gasteiger partial charge in [-0.15, -0.1) is 0 Å². The molecule has 3 nitrogen and oxygen atoms in total. The third-order valence-electron chi connectivity index (χ3n) is 3.23. The Kier molecular flexibility index (Phi) is 6.57. The maximum absolute atomic E-state index is 12.2. The number of hydrogen-bond donors (Lipinski definition) is 2. The molecule has 0 aromatic heterocycles. The summed E-state index contributed by atoms with van der Waals surface area (Å²) < 4.78 is 0. The van der Waals surface area contributed by atoms with Crippen molar-refractivity contribution in [2.24, 2.45) is 11.7 Å². The topological polar surface area (TPSA) is 55.1 Å². The molecule has 0 bridgehead atoms. The quantitative estimate of drug-likeness (QED) is 0.794. The molecule has 0 aliphatic heterocycles. The van der Waals surface area contributed by atoms with Crippen molar-refractivity contribution in [3.05, 3.63) is 35.4 Å². The lowest BCUT2D eigenvalue weighted by atomic mass is 10.0. The first-order chi connectivity index (χ1) is 9.04. The normalized spacial score (nSPS) is 12.5. The maximum Gasteiger partial charge on any atom is 0.251 e. The second-order valence-electron chi connectivity index (χ2n) is 5.54. The summed E-state index contributed by atoms with van der Waals surface area (Å²) in [6.45, 7) is 7.02. The van der Waals surface area contributed by atoms with Crippen LogP contribution >= 0.6 is 0 Å². The molecule has 1 unspecified atom stereocenters. The molecule has 0 aliphatic rings. The minimum absolute atomic E-state index is 0.0142. The first kappa shape index (κ1) is 15.7. The van der Waals surface area contributed by atoms with Crippen LogP contribution in [0.5, 0.6) is 0 Å². The van der Waals surface area contributed by atoms with E-state index in [1.165, 1.54) is 0 Å². The van der Waals surface area contributed by atoms with Crippen molar-refractivity contribution in [3.8, 4) is 0 Å². The van der Waals surface area contributed by atoms with Gasteiger partial charge in [-0.25, -0.2) is 0 Å². The lowest BCUT2D eigenvalue weighted by molar-refractivity contribution is 0.0936. The summed E-state index contributed by atoms with van der Waals surface area (Å²) in [7, 11) is 0. The zero-order valence-corrected chi connectivity index (χ0v) is 12.3. The highest BCUT2D eigenvalue weighted by Gasteiger charge is 2.13. The lowest BCUT2D eigenvalue weighted by Gasteiger charge is -2.16. The summed E-state index contributed by atoms with van der Waals surface area (Å²) in [6.07, 6.45) is 2.89. The standard InChI is InChI=1S/C16H26N2O/c1-12(2)8-9-13(3)18-16(19)15-7-5-4-6-14(15)10-11-17/h4-7,12-13H,8-11,17H2,1-3H3,(H,18,19). The summed E-state index contributed by atoms with van der Waals surface area (Å²) in [5.74, 6) is 0.684. The molecular weight excluding hydrogens is 236 g/mol. The fourth-order valence-corrected chi connectivity index (χ4v) is 2.07. The summed E-state index contributed by atoms with van der Waals surface area (Å²) in [6, 6.07) is 7.90. The van der Waals surface area contributed by atoms with Gasteiger partial charge in [-0.1, -0.05) is 32.0 Å². The Morgan fingerprint density at radius 3 is 2.53 bits per heavy atom. The van der Waals surface area contributed by atoms with Crippen molar-refractivity contribution in [1.82, 2.24) is 5.32 Å². The third kappa shape index (κ3) is 5.43. The molecule has 1 aromatic rings. The minimum atomic E-state index is 0.0142. The molecule has 3 N–H and O–H groups in total. The highest BCUT2D eigenvalue weighted by molar-refractivity contribution is 5.95. The number of hydrogen-bond acceptors (Lipinski definition) is 2. The minimum Gasteiger partial charge on any atom is -0.350 e. The van der Waals surface area contributed by atoms with Gasteiger partial charge in [0.2, 0.25) is 0 Å². The van der Waals surface area contributed by atoms with Crippen molar-refractivity contribution >= 4 is 5.91 Å². The van der Waals surface area contributed by atoms with Gasteiger partial charge in [0.15, 0.2) is 0 Å². The fourth-order valence-electron chi connectivity index (χ4n) is 2.07. The third-order valence-corrected chi connectivity index (χ3v) is 3.23. The molecule has 1 rings (SSSR count). The van der Waals surface area contributed by atoms with Crippen molar-refractivity contribution in [1.29, 1.82) is 0 Å². The van der Waals surface area contributed by atoms with Crippen LogP contribution in [-0.4, -0.2) is 18.5 Å². The lowest BCUT2D eigenvalue weighted by Crippen LogP contribution is -2.33. The van der Waals surface area contributed by atoms with E-state index in [1.54, 1.807) is 0 Å². The van der Waals surface area contributed by atoms with Gasteiger partial charge in [0, 0.05) is 11.6 Å². The van der Waals surface area contributed by atoms with Crippen LogP contribution < -0.4 is 11.1 Å². The molecule has 19 heavy (non-hydrogen) atoms. The molecule has 0 radical (unpaired) electrons. The molecule has 3 heteroatoms. The number of benzene rings is 1. The van der Waals surface area contributed by atoms with Gasteiger partial charge in [-0.05, 0) is 50.3 Å². The van der Waals surface area contributed by atoms with Crippen molar-refractivity contribution < 1.29 is 4.79 Å². The fraction of sp³-hybridized carbons (Fsp3) is 0.562. The Morgan fingerprint density at radius 1 is 1.21 bits per heavy atom. The van der Waals surface area contributed by atoms with Gasteiger partial charge in [0.05, 0.1) is 0 Å². The number of carbonyl (C=O) groups is 1. The van der Waals surface area contributed by atoms with Crippen LogP contribution in [0.1, 0.15) is 49.5 Å². The van der Waals surface area contributed by atoms with Crippen LogP contribution in [0.15, 0.2) is 24.3 Å². The summed E-state index contributed by atoms with van der Waals surface area (Å²) in [5.41, 5.74) is 7.36. The molecular formula is C16H26N2O. The van der Waals surface area contributed by atoms with Crippen LogP contribution in [0.4, 0.5) is 0 Å². The predicted molar refractivity (Wildman–Crippen MR) is 80.2 cm³/mol. The van der Waals surface area contributed by atoms with Crippen LogP contribution in [0.3, 0.4) is 0 Å². The monoisotopic (exact) mass is 262 g/mol. The highest BCUT2D eigenvalue weighted by Crippen LogP contribution is 2.11. The van der Waals surface area contributed by atoms with Crippen molar-refractivity contribution in [3.63, 3.8) is 0 Å². The molecule has 0 aliphatic carbocycles. The molecule has 1 atom stereocenters. The average molecular weight is 262 g/mol. The van der Waals surface area contributed by atoms with Gasteiger partial charge >= 0.3 is 0 Å². The van der Waals surface area contributed by atoms with Gasteiger partial charge < -0.3 is 11.1 Å². The van der Waals surface area contributed by atoms with Crippen LogP contribution in [0.2, 0.25) is 0 Å². The van der Waals surface area contributed by atoms with E-state index in [-0.39, 0.29) is 11.9 Å². The summed E-state index contributed by atoms with van der Waals surface area (Å²) >= 11 is 0. The van der Waals surface area contributed by atoms with Gasteiger partial charge in [0.1, 0.15) is 0 Å². The zero-order valence-electron chi connectivity index (χ0n) is 12.3.